The predicted molar refractivity (Wildman–Crippen MR) is 83.3 cm³/mol. The molecule has 1 atom stereocenters. The Balaban J connectivity index is 1.83. The van der Waals surface area contributed by atoms with E-state index in [0.29, 0.717) is 18.3 Å². The molecule has 1 aliphatic carbocycles. The van der Waals surface area contributed by atoms with E-state index in [1.54, 1.807) is 24.3 Å². The smallest absolute Gasteiger partial charge is 0.319 e. The summed E-state index contributed by atoms with van der Waals surface area (Å²) >= 11 is 0. The fourth-order valence-corrected chi connectivity index (χ4v) is 1.88. The van der Waals surface area contributed by atoms with Gasteiger partial charge in [-0.1, -0.05) is 6.92 Å². The first kappa shape index (κ1) is 15.3. The van der Waals surface area contributed by atoms with Crippen LogP contribution in [0.5, 0.6) is 0 Å². The van der Waals surface area contributed by atoms with Crippen LogP contribution in [0.2, 0.25) is 0 Å². The highest BCUT2D eigenvalue weighted by Crippen LogP contribution is 2.19. The van der Waals surface area contributed by atoms with Gasteiger partial charge in [0.2, 0.25) is 5.91 Å². The highest BCUT2D eigenvalue weighted by Gasteiger charge is 2.23. The van der Waals surface area contributed by atoms with Gasteiger partial charge in [-0.05, 0) is 44.2 Å². The molecule has 0 heterocycles. The van der Waals surface area contributed by atoms with Crippen LogP contribution in [0.25, 0.3) is 0 Å². The molecule has 1 saturated carbocycles. The minimum atomic E-state index is -0.183. The van der Waals surface area contributed by atoms with Gasteiger partial charge < -0.3 is 21.3 Å². The summed E-state index contributed by atoms with van der Waals surface area (Å²) in [4.78, 5) is 23.5. The number of anilines is 2. The molecule has 1 aromatic rings. The average Bonchev–Trinajstić information content (AvgIpc) is 3.25. The summed E-state index contributed by atoms with van der Waals surface area (Å²) in [6, 6.07) is 7.23. The molecule has 6 nitrogen and oxygen atoms in total. The molecule has 0 aliphatic heterocycles. The van der Waals surface area contributed by atoms with Gasteiger partial charge in [-0.3, -0.25) is 4.79 Å². The van der Waals surface area contributed by atoms with E-state index in [9.17, 15) is 9.59 Å². The van der Waals surface area contributed by atoms with Crippen molar-refractivity contribution in [2.24, 2.45) is 5.92 Å². The number of hydrogen-bond donors (Lipinski definition) is 4. The Morgan fingerprint density at radius 1 is 1.14 bits per heavy atom. The SMILES string of the molecule is CNCC(C)C(=O)Nc1ccc(NC(=O)NC2CC2)cc1. The van der Waals surface area contributed by atoms with E-state index in [1.807, 2.05) is 14.0 Å². The van der Waals surface area contributed by atoms with Gasteiger partial charge in [-0.15, -0.1) is 0 Å². The lowest BCUT2D eigenvalue weighted by atomic mass is 10.1. The molecular formula is C15H22N4O2. The Bertz CT molecular complexity index is 497. The van der Waals surface area contributed by atoms with E-state index in [4.69, 9.17) is 0 Å². The molecule has 0 bridgehead atoms. The van der Waals surface area contributed by atoms with Crippen LogP contribution in [0.1, 0.15) is 19.8 Å². The number of amides is 3. The lowest BCUT2D eigenvalue weighted by molar-refractivity contribution is -0.119. The van der Waals surface area contributed by atoms with Crippen LogP contribution in [-0.4, -0.2) is 31.6 Å². The number of nitrogens with one attached hydrogen (secondary N) is 4. The quantitative estimate of drug-likeness (QED) is 0.644. The lowest BCUT2D eigenvalue weighted by Crippen LogP contribution is -2.30. The molecule has 4 N–H and O–H groups in total. The zero-order valence-corrected chi connectivity index (χ0v) is 12.4. The first-order chi connectivity index (χ1) is 10.1. The number of benzene rings is 1. The van der Waals surface area contributed by atoms with Crippen molar-refractivity contribution in [2.75, 3.05) is 24.2 Å². The third-order valence-electron chi connectivity index (χ3n) is 3.28. The molecule has 1 unspecified atom stereocenters. The number of carbonyl (C=O) groups excluding carboxylic acids is 2. The van der Waals surface area contributed by atoms with Crippen molar-refractivity contribution in [1.29, 1.82) is 0 Å². The minimum Gasteiger partial charge on any atom is -0.335 e. The minimum absolute atomic E-state index is 0.0310. The summed E-state index contributed by atoms with van der Waals surface area (Å²) in [6.07, 6.45) is 2.12. The first-order valence-corrected chi connectivity index (χ1v) is 7.21. The highest BCUT2D eigenvalue weighted by molar-refractivity contribution is 5.93. The summed E-state index contributed by atoms with van der Waals surface area (Å²) in [5.74, 6) is -0.131. The summed E-state index contributed by atoms with van der Waals surface area (Å²) in [5, 5.41) is 11.4. The van der Waals surface area contributed by atoms with Gasteiger partial charge in [-0.25, -0.2) is 4.79 Å². The molecule has 1 fully saturated rings. The molecule has 2 rings (SSSR count). The second-order valence-electron chi connectivity index (χ2n) is 5.40. The molecule has 0 saturated heterocycles. The Hall–Kier alpha value is -2.08. The maximum Gasteiger partial charge on any atom is 0.319 e. The summed E-state index contributed by atoms with van der Waals surface area (Å²) in [7, 11) is 1.82. The van der Waals surface area contributed by atoms with E-state index in [2.05, 4.69) is 21.3 Å². The lowest BCUT2D eigenvalue weighted by Gasteiger charge is -2.12. The highest BCUT2D eigenvalue weighted by atomic mass is 16.2. The summed E-state index contributed by atoms with van der Waals surface area (Å²) < 4.78 is 0. The Kier molecular flexibility index (Phi) is 5.16. The normalized spacial score (nSPS) is 15.1. The topological polar surface area (TPSA) is 82.3 Å². The molecule has 114 valence electrons. The van der Waals surface area contributed by atoms with Crippen molar-refractivity contribution < 1.29 is 9.59 Å². The first-order valence-electron chi connectivity index (χ1n) is 7.21. The van der Waals surface area contributed by atoms with Crippen LogP contribution in [-0.2, 0) is 4.79 Å². The molecule has 3 amide bonds. The maximum absolute atomic E-state index is 11.9. The average molecular weight is 290 g/mol. The zero-order chi connectivity index (χ0) is 15.2. The summed E-state index contributed by atoms with van der Waals surface area (Å²) in [5.41, 5.74) is 1.42. The monoisotopic (exact) mass is 290 g/mol. The molecule has 1 aliphatic rings. The van der Waals surface area contributed by atoms with E-state index >= 15 is 0 Å². The molecule has 6 heteroatoms. The Labute approximate surface area is 124 Å². The third-order valence-corrected chi connectivity index (χ3v) is 3.28. The summed E-state index contributed by atoms with van der Waals surface area (Å²) in [6.45, 7) is 2.50. The largest absolute Gasteiger partial charge is 0.335 e. The molecule has 0 spiro atoms. The van der Waals surface area contributed by atoms with Gasteiger partial charge in [0.25, 0.3) is 0 Å². The van der Waals surface area contributed by atoms with Crippen LogP contribution in [0.3, 0.4) is 0 Å². The molecule has 21 heavy (non-hydrogen) atoms. The Morgan fingerprint density at radius 3 is 2.24 bits per heavy atom. The van der Waals surface area contributed by atoms with Crippen LogP contribution in [0.4, 0.5) is 16.2 Å². The zero-order valence-electron chi connectivity index (χ0n) is 12.4. The van der Waals surface area contributed by atoms with Gasteiger partial charge in [-0.2, -0.15) is 0 Å². The van der Waals surface area contributed by atoms with Gasteiger partial charge in [0.05, 0.1) is 0 Å². The van der Waals surface area contributed by atoms with Crippen molar-refractivity contribution in [3.8, 4) is 0 Å². The molecule has 0 radical (unpaired) electrons. The van der Waals surface area contributed by atoms with Crippen molar-refractivity contribution in [3.05, 3.63) is 24.3 Å². The van der Waals surface area contributed by atoms with E-state index in [1.165, 1.54) is 0 Å². The van der Waals surface area contributed by atoms with E-state index in [-0.39, 0.29) is 17.9 Å². The van der Waals surface area contributed by atoms with Gasteiger partial charge >= 0.3 is 6.03 Å². The molecule has 0 aromatic heterocycles. The second-order valence-corrected chi connectivity index (χ2v) is 5.40. The second kappa shape index (κ2) is 7.08. The predicted octanol–water partition coefficient (Wildman–Crippen LogP) is 1.76. The van der Waals surface area contributed by atoms with Gasteiger partial charge in [0, 0.05) is 29.9 Å². The van der Waals surface area contributed by atoms with Crippen molar-refractivity contribution >= 4 is 23.3 Å². The van der Waals surface area contributed by atoms with Gasteiger partial charge in [0.1, 0.15) is 0 Å². The Morgan fingerprint density at radius 2 is 1.71 bits per heavy atom. The number of rotatable bonds is 6. The fraction of sp³-hybridized carbons (Fsp3) is 0.467. The van der Waals surface area contributed by atoms with Crippen LogP contribution in [0.15, 0.2) is 24.3 Å². The molecular weight excluding hydrogens is 268 g/mol. The number of hydrogen-bond acceptors (Lipinski definition) is 3. The molecule has 1 aromatic carbocycles. The van der Waals surface area contributed by atoms with E-state index in [0.717, 1.165) is 18.5 Å². The standard InChI is InChI=1S/C15H22N4O2/c1-10(9-16-2)14(20)17-11-3-5-12(6-4-11)18-15(21)19-13-7-8-13/h3-6,10,13,16H,7-9H2,1-2H3,(H,17,20)(H2,18,19,21). The number of carbonyl (C=O) groups is 2. The third kappa shape index (κ3) is 5.07. The number of urea groups is 1. The fourth-order valence-electron chi connectivity index (χ4n) is 1.88. The van der Waals surface area contributed by atoms with Crippen molar-refractivity contribution in [2.45, 2.75) is 25.8 Å². The van der Waals surface area contributed by atoms with Crippen LogP contribution < -0.4 is 21.3 Å². The maximum atomic E-state index is 11.9. The van der Waals surface area contributed by atoms with Crippen molar-refractivity contribution in [3.63, 3.8) is 0 Å². The van der Waals surface area contributed by atoms with Crippen molar-refractivity contribution in [1.82, 2.24) is 10.6 Å². The van der Waals surface area contributed by atoms with Crippen LogP contribution in [0, 0.1) is 5.92 Å². The van der Waals surface area contributed by atoms with E-state index < -0.39 is 0 Å². The van der Waals surface area contributed by atoms with Gasteiger partial charge in [0.15, 0.2) is 0 Å². The van der Waals surface area contributed by atoms with Crippen LogP contribution >= 0.6 is 0 Å².